The Morgan fingerprint density at radius 3 is 2.21 bits per heavy atom. The van der Waals surface area contributed by atoms with Crippen molar-refractivity contribution < 1.29 is 26.3 Å². The van der Waals surface area contributed by atoms with Crippen LogP contribution in [-0.4, -0.2) is 29.9 Å². The predicted molar refractivity (Wildman–Crippen MR) is 90.0 cm³/mol. The van der Waals surface area contributed by atoms with Gasteiger partial charge in [0, 0.05) is 5.56 Å². The maximum atomic E-state index is 13.3. The number of hydrogen-bond donors (Lipinski definition) is 1. The number of alkyl halides is 6. The van der Waals surface area contributed by atoms with Gasteiger partial charge < -0.3 is 5.73 Å². The van der Waals surface area contributed by atoms with E-state index in [1.165, 1.54) is 0 Å². The monoisotopic (exact) mass is 431 g/mol. The van der Waals surface area contributed by atoms with Crippen LogP contribution in [0.25, 0.3) is 26.7 Å². The van der Waals surface area contributed by atoms with Crippen LogP contribution >= 0.6 is 11.3 Å². The number of hydrogen-bond acceptors (Lipinski definition) is 7. The third-order valence-corrected chi connectivity index (χ3v) is 4.66. The Labute approximate surface area is 160 Å². The van der Waals surface area contributed by atoms with Gasteiger partial charge in [-0.15, -0.1) is 15.3 Å². The zero-order valence-corrected chi connectivity index (χ0v) is 14.6. The summed E-state index contributed by atoms with van der Waals surface area (Å²) in [6.45, 7) is 0. The molecule has 0 spiro atoms. The lowest BCUT2D eigenvalue weighted by Gasteiger charge is -2.10. The minimum atomic E-state index is -5.21. The Morgan fingerprint density at radius 2 is 1.59 bits per heavy atom. The van der Waals surface area contributed by atoms with Crippen molar-refractivity contribution in [3.63, 3.8) is 0 Å². The second-order valence-electron chi connectivity index (χ2n) is 5.64. The zero-order chi connectivity index (χ0) is 21.0. The van der Waals surface area contributed by atoms with E-state index in [0.717, 1.165) is 16.0 Å². The maximum absolute atomic E-state index is 13.3. The fourth-order valence-corrected chi connectivity index (χ4v) is 3.30. The molecule has 4 rings (SSSR count). The molecule has 1 aromatic carbocycles. The van der Waals surface area contributed by atoms with Crippen LogP contribution in [-0.2, 0) is 12.4 Å². The second kappa shape index (κ2) is 6.37. The van der Waals surface area contributed by atoms with E-state index in [2.05, 4.69) is 25.3 Å². The van der Waals surface area contributed by atoms with Crippen molar-refractivity contribution in [3.05, 3.63) is 41.9 Å². The van der Waals surface area contributed by atoms with Crippen molar-refractivity contribution in [1.29, 1.82) is 0 Å². The minimum Gasteiger partial charge on any atom is -0.383 e. The molecule has 0 bridgehead atoms. The van der Waals surface area contributed by atoms with Crippen LogP contribution in [0.2, 0.25) is 0 Å². The van der Waals surface area contributed by atoms with E-state index in [-0.39, 0.29) is 5.13 Å². The third kappa shape index (κ3) is 3.35. The van der Waals surface area contributed by atoms with Gasteiger partial charge in [0.15, 0.2) is 11.3 Å². The first-order valence-corrected chi connectivity index (χ1v) is 8.47. The smallest absolute Gasteiger partial charge is 0.383 e. The summed E-state index contributed by atoms with van der Waals surface area (Å²) in [7, 11) is 0. The van der Waals surface area contributed by atoms with Gasteiger partial charge in [-0.2, -0.15) is 31.0 Å². The lowest BCUT2D eigenvalue weighted by atomic mass is 10.2. The fraction of sp³-hybridized carbons (Fsp3) is 0.133. The molecule has 0 fully saturated rings. The molecule has 29 heavy (non-hydrogen) atoms. The average molecular weight is 431 g/mol. The molecule has 0 aliphatic heterocycles. The highest BCUT2D eigenvalue weighted by molar-refractivity contribution is 7.17. The first-order chi connectivity index (χ1) is 13.6. The van der Waals surface area contributed by atoms with Crippen molar-refractivity contribution in [2.75, 3.05) is 5.73 Å². The number of benzene rings is 1. The van der Waals surface area contributed by atoms with Gasteiger partial charge in [-0.05, 0) is 0 Å². The first-order valence-electron chi connectivity index (χ1n) is 7.65. The van der Waals surface area contributed by atoms with Crippen molar-refractivity contribution >= 4 is 28.2 Å². The molecule has 0 atom stereocenters. The topological polar surface area (TPSA) is 95.4 Å². The highest BCUT2D eigenvalue weighted by Gasteiger charge is 2.43. The van der Waals surface area contributed by atoms with Crippen molar-refractivity contribution in [2.45, 2.75) is 12.4 Å². The lowest BCUT2D eigenvalue weighted by molar-refractivity contribution is -0.151. The molecule has 0 amide bonds. The molecule has 0 unspecified atom stereocenters. The maximum Gasteiger partial charge on any atom is 0.451 e. The highest BCUT2D eigenvalue weighted by Crippen LogP contribution is 2.39. The van der Waals surface area contributed by atoms with Gasteiger partial charge in [0.1, 0.15) is 10.8 Å². The number of nitrogens with zero attached hydrogens (tertiary/aromatic N) is 6. The summed E-state index contributed by atoms with van der Waals surface area (Å²) in [6, 6.07) is 8.74. The molecule has 3 aromatic heterocycles. The van der Waals surface area contributed by atoms with Crippen LogP contribution < -0.4 is 5.73 Å². The molecule has 4 aromatic rings. The summed E-state index contributed by atoms with van der Waals surface area (Å²) in [4.78, 5) is 5.74. The summed E-state index contributed by atoms with van der Waals surface area (Å²) in [5, 5.41) is 10.9. The first kappa shape index (κ1) is 19.0. The quantitative estimate of drug-likeness (QED) is 0.483. The van der Waals surface area contributed by atoms with Crippen LogP contribution in [0, 0.1) is 0 Å². The summed E-state index contributed by atoms with van der Waals surface area (Å²) in [5.41, 5.74) is 3.76. The fourth-order valence-electron chi connectivity index (χ4n) is 2.49. The van der Waals surface area contributed by atoms with Crippen molar-refractivity contribution in [2.24, 2.45) is 0 Å². The SMILES string of the molecule is Nc1c2c(C(F)(F)F)nc(C(F)(F)F)nc2nn1-c1nnc(-c2ccccc2)s1. The van der Waals surface area contributed by atoms with Crippen molar-refractivity contribution in [3.8, 4) is 15.7 Å². The average Bonchev–Trinajstić information content (AvgIpc) is 3.25. The van der Waals surface area contributed by atoms with E-state index in [9.17, 15) is 26.3 Å². The highest BCUT2D eigenvalue weighted by atomic mass is 32.1. The van der Waals surface area contributed by atoms with Gasteiger partial charge >= 0.3 is 12.4 Å². The molecule has 0 aliphatic rings. The molecular formula is C15H7F6N7S. The number of fused-ring (bicyclic) bond motifs is 1. The van der Waals surface area contributed by atoms with E-state index < -0.39 is 40.7 Å². The van der Waals surface area contributed by atoms with Crippen LogP contribution in [0.15, 0.2) is 30.3 Å². The molecule has 0 aliphatic carbocycles. The third-order valence-electron chi connectivity index (χ3n) is 3.71. The number of aromatic nitrogens is 6. The van der Waals surface area contributed by atoms with Gasteiger partial charge in [-0.1, -0.05) is 41.7 Å². The number of anilines is 1. The molecule has 2 N–H and O–H groups in total. The van der Waals surface area contributed by atoms with Gasteiger partial charge in [0.25, 0.3) is 0 Å². The number of halogens is 6. The Kier molecular flexibility index (Phi) is 4.18. The summed E-state index contributed by atoms with van der Waals surface area (Å²) < 4.78 is 79.5. The predicted octanol–water partition coefficient (Wildman–Crippen LogP) is 3.95. The Hall–Kier alpha value is -3.29. The number of rotatable bonds is 2. The Morgan fingerprint density at radius 1 is 0.897 bits per heavy atom. The molecular weight excluding hydrogens is 424 g/mol. The molecule has 3 heterocycles. The van der Waals surface area contributed by atoms with Gasteiger partial charge in [0.05, 0.1) is 5.39 Å². The minimum absolute atomic E-state index is 0.0407. The van der Waals surface area contributed by atoms with Gasteiger partial charge in [-0.25, -0.2) is 9.97 Å². The Bertz CT molecular complexity index is 1200. The second-order valence-corrected chi connectivity index (χ2v) is 6.60. The van der Waals surface area contributed by atoms with E-state index in [4.69, 9.17) is 5.73 Å². The van der Waals surface area contributed by atoms with Gasteiger partial charge in [-0.3, -0.25) is 0 Å². The molecule has 0 radical (unpaired) electrons. The van der Waals surface area contributed by atoms with E-state index in [0.29, 0.717) is 10.6 Å². The molecule has 150 valence electrons. The Balaban J connectivity index is 1.92. The largest absolute Gasteiger partial charge is 0.451 e. The van der Waals surface area contributed by atoms with Crippen LogP contribution in [0.1, 0.15) is 11.5 Å². The van der Waals surface area contributed by atoms with E-state index in [1.54, 1.807) is 30.3 Å². The standard InChI is InChI=1S/C15H7F6N7S/c16-14(17,18)8-7-9(22)28(27-10(7)24-12(23-8)15(19,20)21)13-26-25-11(29-13)6-4-2-1-3-5-6/h1-5H,22H2. The molecule has 7 nitrogen and oxygen atoms in total. The number of nitrogens with two attached hydrogens (primary N) is 1. The zero-order valence-electron chi connectivity index (χ0n) is 13.8. The number of nitrogen functional groups attached to an aromatic ring is 1. The molecule has 14 heteroatoms. The lowest BCUT2D eigenvalue weighted by Crippen LogP contribution is -2.17. The van der Waals surface area contributed by atoms with Crippen LogP contribution in [0.4, 0.5) is 32.2 Å². The summed E-state index contributed by atoms with van der Waals surface area (Å²) >= 11 is 0.938. The normalized spacial score (nSPS) is 12.6. The van der Waals surface area contributed by atoms with Gasteiger partial charge in [0.2, 0.25) is 11.0 Å². The summed E-state index contributed by atoms with van der Waals surface area (Å²) in [5.74, 6) is -2.57. The summed E-state index contributed by atoms with van der Waals surface area (Å²) in [6.07, 6.45) is -10.4. The van der Waals surface area contributed by atoms with E-state index in [1.807, 2.05) is 0 Å². The van der Waals surface area contributed by atoms with Crippen LogP contribution in [0.3, 0.4) is 0 Å². The van der Waals surface area contributed by atoms with Crippen molar-refractivity contribution in [1.82, 2.24) is 29.9 Å². The molecule has 0 saturated heterocycles. The van der Waals surface area contributed by atoms with E-state index >= 15 is 0 Å². The van der Waals surface area contributed by atoms with Crippen LogP contribution in [0.5, 0.6) is 0 Å². The molecule has 0 saturated carbocycles.